The monoisotopic (exact) mass is 248 g/mol. The summed E-state index contributed by atoms with van der Waals surface area (Å²) >= 11 is 0. The van der Waals surface area contributed by atoms with E-state index in [9.17, 15) is 9.18 Å². The van der Waals surface area contributed by atoms with Crippen molar-refractivity contribution in [2.75, 3.05) is 5.73 Å². The van der Waals surface area contributed by atoms with Crippen molar-refractivity contribution in [3.05, 3.63) is 47.8 Å². The molecule has 0 aliphatic carbocycles. The minimum Gasteiger partial charge on any atom is -0.398 e. The summed E-state index contributed by atoms with van der Waals surface area (Å²) in [5.41, 5.74) is 5.99. The number of hydrogen-bond acceptors (Lipinski definition) is 3. The van der Waals surface area contributed by atoms with Crippen molar-refractivity contribution in [3.8, 4) is 0 Å². The minimum atomic E-state index is -0.494. The fourth-order valence-corrected chi connectivity index (χ4v) is 1.55. The van der Waals surface area contributed by atoms with E-state index in [0.717, 1.165) is 6.07 Å². The van der Waals surface area contributed by atoms with E-state index in [1.54, 1.807) is 17.0 Å². The fraction of sp³-hybridized carbons (Fsp3) is 0.167. The Morgan fingerprint density at radius 3 is 3.00 bits per heavy atom. The van der Waals surface area contributed by atoms with E-state index in [1.807, 2.05) is 7.05 Å². The molecule has 94 valence electrons. The molecule has 1 amide bonds. The van der Waals surface area contributed by atoms with Crippen LogP contribution in [0, 0.1) is 5.82 Å². The molecule has 0 unspecified atom stereocenters. The number of carbonyl (C=O) groups excluding carboxylic acids is 1. The molecule has 2 rings (SSSR count). The van der Waals surface area contributed by atoms with Crippen LogP contribution in [0.1, 0.15) is 16.2 Å². The van der Waals surface area contributed by atoms with Crippen molar-refractivity contribution >= 4 is 11.6 Å². The number of rotatable bonds is 3. The predicted molar refractivity (Wildman–Crippen MR) is 65.2 cm³/mol. The van der Waals surface area contributed by atoms with Crippen molar-refractivity contribution in [1.82, 2.24) is 14.9 Å². The lowest BCUT2D eigenvalue weighted by Crippen LogP contribution is -2.25. The first kappa shape index (κ1) is 12.1. The summed E-state index contributed by atoms with van der Waals surface area (Å²) in [4.78, 5) is 15.9. The highest BCUT2D eigenvalue weighted by Crippen LogP contribution is 2.13. The van der Waals surface area contributed by atoms with E-state index in [1.165, 1.54) is 12.1 Å². The van der Waals surface area contributed by atoms with Gasteiger partial charge in [-0.25, -0.2) is 9.37 Å². The molecule has 0 aliphatic rings. The third kappa shape index (κ3) is 2.48. The lowest BCUT2D eigenvalue weighted by Gasteiger charge is -2.07. The van der Waals surface area contributed by atoms with Gasteiger partial charge in [0.1, 0.15) is 11.6 Å². The second-order valence-electron chi connectivity index (χ2n) is 3.87. The molecule has 3 N–H and O–H groups in total. The van der Waals surface area contributed by atoms with E-state index in [4.69, 9.17) is 5.73 Å². The predicted octanol–water partition coefficient (Wildman–Crippen LogP) is 1.07. The largest absolute Gasteiger partial charge is 0.398 e. The molecule has 0 saturated heterocycles. The van der Waals surface area contributed by atoms with Crippen LogP contribution in [0.4, 0.5) is 10.1 Å². The molecule has 0 saturated carbocycles. The van der Waals surface area contributed by atoms with Gasteiger partial charge in [-0.3, -0.25) is 4.79 Å². The van der Waals surface area contributed by atoms with Crippen molar-refractivity contribution in [2.45, 2.75) is 6.54 Å². The summed E-state index contributed by atoms with van der Waals surface area (Å²) in [6.45, 7) is 0.262. The molecule has 0 spiro atoms. The Balaban J connectivity index is 2.08. The third-order valence-corrected chi connectivity index (χ3v) is 2.59. The van der Waals surface area contributed by atoms with Gasteiger partial charge in [0.25, 0.3) is 5.91 Å². The molecule has 5 nitrogen and oxygen atoms in total. The lowest BCUT2D eigenvalue weighted by molar-refractivity contribution is 0.0950. The van der Waals surface area contributed by atoms with E-state index < -0.39 is 11.7 Å². The molecule has 2 aromatic rings. The van der Waals surface area contributed by atoms with Gasteiger partial charge < -0.3 is 15.6 Å². The van der Waals surface area contributed by atoms with Gasteiger partial charge in [-0.15, -0.1) is 0 Å². The molecule has 0 atom stereocenters. The molecular formula is C12H13FN4O. The maximum absolute atomic E-state index is 13.0. The van der Waals surface area contributed by atoms with E-state index in [0.29, 0.717) is 5.82 Å². The molecule has 0 bridgehead atoms. The number of aromatic nitrogens is 2. The molecular weight excluding hydrogens is 235 g/mol. The number of hydrogen-bond donors (Lipinski definition) is 2. The highest BCUT2D eigenvalue weighted by Gasteiger charge is 2.11. The van der Waals surface area contributed by atoms with Crippen LogP contribution in [0.25, 0.3) is 0 Å². The number of imidazole rings is 1. The summed E-state index contributed by atoms with van der Waals surface area (Å²) in [7, 11) is 1.82. The van der Waals surface area contributed by atoms with E-state index >= 15 is 0 Å². The summed E-state index contributed by atoms with van der Waals surface area (Å²) in [6, 6.07) is 3.69. The Labute approximate surface area is 103 Å². The van der Waals surface area contributed by atoms with Crippen molar-refractivity contribution in [3.63, 3.8) is 0 Å². The third-order valence-electron chi connectivity index (χ3n) is 2.59. The fourth-order valence-electron chi connectivity index (χ4n) is 1.55. The van der Waals surface area contributed by atoms with Gasteiger partial charge in [0.2, 0.25) is 0 Å². The van der Waals surface area contributed by atoms with Gasteiger partial charge >= 0.3 is 0 Å². The molecule has 0 fully saturated rings. The second kappa shape index (κ2) is 4.87. The van der Waals surface area contributed by atoms with Crippen LogP contribution in [0.5, 0.6) is 0 Å². The Bertz CT molecular complexity index is 579. The average molecular weight is 248 g/mol. The number of nitrogens with zero attached hydrogens (tertiary/aromatic N) is 2. The zero-order valence-corrected chi connectivity index (χ0v) is 9.85. The Hall–Kier alpha value is -2.37. The molecule has 0 aliphatic heterocycles. The first-order valence-corrected chi connectivity index (χ1v) is 5.37. The van der Waals surface area contributed by atoms with Crippen LogP contribution in [-0.4, -0.2) is 15.5 Å². The zero-order chi connectivity index (χ0) is 13.1. The number of halogens is 1. The number of nitrogen functional groups attached to an aromatic ring is 1. The first-order valence-electron chi connectivity index (χ1n) is 5.37. The van der Waals surface area contributed by atoms with Gasteiger partial charge in [-0.1, -0.05) is 0 Å². The van der Waals surface area contributed by atoms with Crippen LogP contribution in [0.3, 0.4) is 0 Å². The number of anilines is 1. The number of benzene rings is 1. The summed E-state index contributed by atoms with van der Waals surface area (Å²) in [5.74, 6) is -0.209. The average Bonchev–Trinajstić information content (AvgIpc) is 2.75. The van der Waals surface area contributed by atoms with Crippen LogP contribution in [0.2, 0.25) is 0 Å². The quantitative estimate of drug-likeness (QED) is 0.798. The summed E-state index contributed by atoms with van der Waals surface area (Å²) in [6.07, 6.45) is 3.41. The van der Waals surface area contributed by atoms with Gasteiger partial charge in [-0.05, 0) is 18.2 Å². The van der Waals surface area contributed by atoms with Gasteiger partial charge in [0.05, 0.1) is 12.1 Å². The van der Waals surface area contributed by atoms with E-state index in [-0.39, 0.29) is 17.8 Å². The highest BCUT2D eigenvalue weighted by atomic mass is 19.1. The maximum atomic E-state index is 13.0. The van der Waals surface area contributed by atoms with Crippen LogP contribution in [-0.2, 0) is 13.6 Å². The van der Waals surface area contributed by atoms with Crippen LogP contribution < -0.4 is 11.1 Å². The SMILES string of the molecule is Cn1ccnc1CNC(=O)c1cc(F)ccc1N. The lowest BCUT2D eigenvalue weighted by atomic mass is 10.1. The zero-order valence-electron chi connectivity index (χ0n) is 9.85. The van der Waals surface area contributed by atoms with Crippen LogP contribution >= 0.6 is 0 Å². The van der Waals surface area contributed by atoms with Crippen molar-refractivity contribution in [1.29, 1.82) is 0 Å². The van der Waals surface area contributed by atoms with Gasteiger partial charge in [-0.2, -0.15) is 0 Å². The first-order chi connectivity index (χ1) is 8.58. The number of aryl methyl sites for hydroxylation is 1. The Kier molecular flexibility index (Phi) is 3.27. The summed E-state index contributed by atoms with van der Waals surface area (Å²) in [5, 5.41) is 2.64. The standard InChI is InChI=1S/C12H13FN4O/c1-17-5-4-15-11(17)7-16-12(18)9-6-8(13)2-3-10(9)14/h2-6H,7,14H2,1H3,(H,16,18). The van der Waals surface area contributed by atoms with Crippen LogP contribution in [0.15, 0.2) is 30.6 Å². The molecule has 6 heteroatoms. The second-order valence-corrected chi connectivity index (χ2v) is 3.87. The topological polar surface area (TPSA) is 72.9 Å². The highest BCUT2D eigenvalue weighted by molar-refractivity contribution is 5.99. The maximum Gasteiger partial charge on any atom is 0.253 e. The minimum absolute atomic E-state index is 0.129. The molecule has 1 aromatic carbocycles. The molecule has 1 aromatic heterocycles. The van der Waals surface area contributed by atoms with Gasteiger partial charge in [0.15, 0.2) is 0 Å². The molecule has 18 heavy (non-hydrogen) atoms. The number of nitrogens with two attached hydrogens (primary N) is 1. The number of amides is 1. The van der Waals surface area contributed by atoms with Crippen molar-refractivity contribution in [2.24, 2.45) is 7.05 Å². The Morgan fingerprint density at radius 1 is 1.56 bits per heavy atom. The molecule has 1 heterocycles. The number of carbonyl (C=O) groups is 1. The summed E-state index contributed by atoms with van der Waals surface area (Å²) < 4.78 is 14.8. The smallest absolute Gasteiger partial charge is 0.253 e. The number of nitrogens with one attached hydrogen (secondary N) is 1. The van der Waals surface area contributed by atoms with Crippen molar-refractivity contribution < 1.29 is 9.18 Å². The van der Waals surface area contributed by atoms with Gasteiger partial charge in [0, 0.05) is 25.1 Å². The Morgan fingerprint density at radius 2 is 2.33 bits per heavy atom. The normalized spacial score (nSPS) is 10.3. The van der Waals surface area contributed by atoms with E-state index in [2.05, 4.69) is 10.3 Å². The molecule has 0 radical (unpaired) electrons.